The van der Waals surface area contributed by atoms with Crippen LogP contribution in [0.3, 0.4) is 0 Å². The van der Waals surface area contributed by atoms with Crippen molar-refractivity contribution in [1.82, 2.24) is 15.5 Å². The molecule has 150 valence electrons. The predicted octanol–water partition coefficient (Wildman–Crippen LogP) is 2.20. The van der Waals surface area contributed by atoms with E-state index in [4.69, 9.17) is 4.74 Å². The normalized spacial score (nSPS) is 17.4. The van der Waals surface area contributed by atoms with Crippen LogP contribution in [0, 0.1) is 0 Å². The van der Waals surface area contributed by atoms with Crippen molar-refractivity contribution in [2.24, 2.45) is 4.99 Å². The van der Waals surface area contributed by atoms with Crippen LogP contribution in [0.1, 0.15) is 37.7 Å². The molecule has 0 saturated carbocycles. The van der Waals surface area contributed by atoms with E-state index in [1.807, 2.05) is 18.2 Å². The van der Waals surface area contributed by atoms with Gasteiger partial charge < -0.3 is 20.3 Å². The van der Waals surface area contributed by atoms with Crippen LogP contribution in [0.2, 0.25) is 0 Å². The lowest BCUT2D eigenvalue weighted by Gasteiger charge is -2.22. The van der Waals surface area contributed by atoms with Gasteiger partial charge in [0.05, 0.1) is 6.10 Å². The molecule has 2 N–H and O–H groups in total. The molecule has 1 unspecified atom stereocenters. The zero-order valence-corrected chi connectivity index (χ0v) is 16.7. The number of nitrogens with zero attached hydrogens (tertiary/aromatic N) is 2. The number of guanidine groups is 1. The Hall–Kier alpha value is -2.08. The molecule has 1 aliphatic heterocycles. The summed E-state index contributed by atoms with van der Waals surface area (Å²) >= 11 is 0. The van der Waals surface area contributed by atoms with E-state index in [-0.39, 0.29) is 12.5 Å². The van der Waals surface area contributed by atoms with E-state index in [0.717, 1.165) is 39.0 Å². The number of aliphatic imine (C=N–C) groups is 1. The second-order valence-corrected chi connectivity index (χ2v) is 7.17. The third kappa shape index (κ3) is 8.91. The Morgan fingerprint density at radius 2 is 1.96 bits per heavy atom. The molecule has 1 aliphatic rings. The van der Waals surface area contributed by atoms with Crippen molar-refractivity contribution >= 4 is 11.9 Å². The van der Waals surface area contributed by atoms with Crippen molar-refractivity contribution in [2.75, 3.05) is 40.3 Å². The molecule has 0 spiro atoms. The number of hydrogen-bond donors (Lipinski definition) is 2. The van der Waals surface area contributed by atoms with Gasteiger partial charge in [0.25, 0.3) is 0 Å². The van der Waals surface area contributed by atoms with Crippen LogP contribution in [0.25, 0.3) is 0 Å². The molecule has 0 bridgehead atoms. The van der Waals surface area contributed by atoms with E-state index in [0.29, 0.717) is 12.1 Å². The fraction of sp³-hybridized carbons (Fsp3) is 0.619. The molecular weight excluding hydrogens is 340 g/mol. The van der Waals surface area contributed by atoms with Crippen molar-refractivity contribution in [2.45, 2.75) is 44.6 Å². The Morgan fingerprint density at radius 1 is 1.19 bits per heavy atom. The molecule has 0 aliphatic carbocycles. The zero-order chi connectivity index (χ0) is 19.3. The lowest BCUT2D eigenvalue weighted by molar-refractivity contribution is -0.127. The van der Waals surface area contributed by atoms with E-state index in [2.05, 4.69) is 27.8 Å². The van der Waals surface area contributed by atoms with E-state index in [1.54, 1.807) is 19.0 Å². The SMILES string of the molecule is CN(C)C(=O)CN=C(NCCCC1CCCCO1)NCCc1ccccc1. The van der Waals surface area contributed by atoms with E-state index >= 15 is 0 Å². The molecule has 1 atom stereocenters. The fourth-order valence-corrected chi connectivity index (χ4v) is 3.00. The van der Waals surface area contributed by atoms with Gasteiger partial charge in [-0.1, -0.05) is 30.3 Å². The zero-order valence-electron chi connectivity index (χ0n) is 16.7. The Bertz CT molecular complexity index is 569. The van der Waals surface area contributed by atoms with Crippen LogP contribution in [-0.4, -0.2) is 63.2 Å². The fourth-order valence-electron chi connectivity index (χ4n) is 3.00. The molecule has 1 fully saturated rings. The predicted molar refractivity (Wildman–Crippen MR) is 110 cm³/mol. The Morgan fingerprint density at radius 3 is 2.67 bits per heavy atom. The molecule has 1 aromatic rings. The number of carbonyl (C=O) groups is 1. The van der Waals surface area contributed by atoms with Gasteiger partial charge in [-0.3, -0.25) is 4.79 Å². The number of rotatable bonds is 9. The molecule has 0 aromatic heterocycles. The van der Waals surface area contributed by atoms with Crippen molar-refractivity contribution in [3.63, 3.8) is 0 Å². The third-order valence-corrected chi connectivity index (χ3v) is 4.69. The molecule has 1 amide bonds. The minimum atomic E-state index is -0.00485. The molecule has 27 heavy (non-hydrogen) atoms. The van der Waals surface area contributed by atoms with Crippen LogP contribution in [0.4, 0.5) is 0 Å². The van der Waals surface area contributed by atoms with Crippen LogP contribution in [-0.2, 0) is 16.0 Å². The summed E-state index contributed by atoms with van der Waals surface area (Å²) in [4.78, 5) is 17.8. The summed E-state index contributed by atoms with van der Waals surface area (Å²) in [7, 11) is 3.50. The van der Waals surface area contributed by atoms with Gasteiger partial charge in [0.15, 0.2) is 5.96 Å². The number of ether oxygens (including phenoxy) is 1. The van der Waals surface area contributed by atoms with Gasteiger partial charge in [0.1, 0.15) is 6.54 Å². The van der Waals surface area contributed by atoms with E-state index < -0.39 is 0 Å². The first-order chi connectivity index (χ1) is 13.1. The first-order valence-electron chi connectivity index (χ1n) is 10.0. The molecule has 6 heteroatoms. The van der Waals surface area contributed by atoms with Gasteiger partial charge in [-0.25, -0.2) is 4.99 Å². The van der Waals surface area contributed by atoms with Gasteiger partial charge in [-0.2, -0.15) is 0 Å². The Labute approximate surface area is 163 Å². The molecular formula is C21H34N4O2. The summed E-state index contributed by atoms with van der Waals surface area (Å²) in [6.45, 7) is 2.66. The van der Waals surface area contributed by atoms with Crippen molar-refractivity contribution in [1.29, 1.82) is 0 Å². The van der Waals surface area contributed by atoms with Gasteiger partial charge in [0.2, 0.25) is 5.91 Å². The second-order valence-electron chi connectivity index (χ2n) is 7.17. The van der Waals surface area contributed by atoms with Crippen LogP contribution in [0.15, 0.2) is 35.3 Å². The average Bonchev–Trinajstić information content (AvgIpc) is 2.70. The lowest BCUT2D eigenvalue weighted by Crippen LogP contribution is -2.40. The number of benzene rings is 1. The topological polar surface area (TPSA) is 66.0 Å². The first-order valence-corrected chi connectivity index (χ1v) is 10.0. The molecule has 1 heterocycles. The van der Waals surface area contributed by atoms with E-state index in [1.165, 1.54) is 24.8 Å². The van der Waals surface area contributed by atoms with Gasteiger partial charge in [-0.05, 0) is 44.1 Å². The Balaban J connectivity index is 1.75. The first kappa shape index (κ1) is 21.2. The maximum absolute atomic E-state index is 11.8. The van der Waals surface area contributed by atoms with Crippen molar-refractivity contribution in [3.8, 4) is 0 Å². The highest BCUT2D eigenvalue weighted by atomic mass is 16.5. The van der Waals surface area contributed by atoms with Gasteiger partial charge in [-0.15, -0.1) is 0 Å². The Kier molecular flexibility index (Phi) is 9.69. The van der Waals surface area contributed by atoms with Crippen LogP contribution < -0.4 is 10.6 Å². The molecule has 0 radical (unpaired) electrons. The van der Waals surface area contributed by atoms with Crippen LogP contribution in [0.5, 0.6) is 0 Å². The van der Waals surface area contributed by atoms with Crippen molar-refractivity contribution in [3.05, 3.63) is 35.9 Å². The monoisotopic (exact) mass is 374 g/mol. The smallest absolute Gasteiger partial charge is 0.243 e. The number of nitrogens with one attached hydrogen (secondary N) is 2. The summed E-state index contributed by atoms with van der Waals surface area (Å²) in [6.07, 6.45) is 7.07. The summed E-state index contributed by atoms with van der Waals surface area (Å²) in [5, 5.41) is 6.69. The summed E-state index contributed by atoms with van der Waals surface area (Å²) in [5.74, 6) is 0.695. The number of amides is 1. The number of hydrogen-bond acceptors (Lipinski definition) is 3. The van der Waals surface area contributed by atoms with Crippen molar-refractivity contribution < 1.29 is 9.53 Å². The lowest BCUT2D eigenvalue weighted by atomic mass is 10.0. The van der Waals surface area contributed by atoms with Gasteiger partial charge >= 0.3 is 0 Å². The largest absolute Gasteiger partial charge is 0.378 e. The highest BCUT2D eigenvalue weighted by Gasteiger charge is 2.13. The molecule has 6 nitrogen and oxygen atoms in total. The average molecular weight is 375 g/mol. The quantitative estimate of drug-likeness (QED) is 0.395. The summed E-state index contributed by atoms with van der Waals surface area (Å²) in [5.41, 5.74) is 1.28. The van der Waals surface area contributed by atoms with Crippen LogP contribution >= 0.6 is 0 Å². The van der Waals surface area contributed by atoms with Gasteiger partial charge in [0, 0.05) is 33.8 Å². The third-order valence-electron chi connectivity index (χ3n) is 4.69. The standard InChI is InChI=1S/C21H34N4O2/c1-25(2)20(26)17-24-21(23-15-13-18-9-4-3-5-10-18)22-14-8-12-19-11-6-7-16-27-19/h3-5,9-10,19H,6-8,11-17H2,1-2H3,(H2,22,23,24). The highest BCUT2D eigenvalue weighted by Crippen LogP contribution is 2.16. The minimum absolute atomic E-state index is 0.00485. The summed E-state index contributed by atoms with van der Waals surface area (Å²) < 4.78 is 5.78. The van der Waals surface area contributed by atoms with E-state index in [9.17, 15) is 4.79 Å². The number of carbonyl (C=O) groups excluding carboxylic acids is 1. The molecule has 1 saturated heterocycles. The number of likely N-dealkylation sites (N-methyl/N-ethyl adjacent to an activating group) is 1. The second kappa shape index (κ2) is 12.3. The maximum atomic E-state index is 11.8. The maximum Gasteiger partial charge on any atom is 0.243 e. The highest BCUT2D eigenvalue weighted by molar-refractivity contribution is 5.84. The summed E-state index contributed by atoms with van der Waals surface area (Å²) in [6, 6.07) is 10.4. The molecule has 2 rings (SSSR count). The minimum Gasteiger partial charge on any atom is -0.378 e. The molecule has 1 aromatic carbocycles.